The largest absolute Gasteiger partial charge is 0.450 e. The van der Waals surface area contributed by atoms with Crippen LogP contribution >= 0.6 is 11.8 Å². The van der Waals surface area contributed by atoms with Gasteiger partial charge >= 0.3 is 6.09 Å². The number of amides is 3. The van der Waals surface area contributed by atoms with Crippen molar-refractivity contribution in [2.75, 3.05) is 43.9 Å². The fraction of sp³-hybridized carbons (Fsp3) is 0.500. The molecule has 2 aromatic rings. The third-order valence-electron chi connectivity index (χ3n) is 5.51. The number of carbonyl (C=O) groups excluding carboxylic acids is 3. The van der Waals surface area contributed by atoms with Gasteiger partial charge in [0.25, 0.3) is 0 Å². The summed E-state index contributed by atoms with van der Waals surface area (Å²) in [6.45, 7) is 5.49. The second-order valence-corrected chi connectivity index (χ2v) is 8.98. The number of hydrogen-bond acceptors (Lipinski definition) is 7. The molecule has 1 saturated heterocycles. The number of hydrogen-bond donors (Lipinski definition) is 1. The van der Waals surface area contributed by atoms with Gasteiger partial charge < -0.3 is 19.9 Å². The standard InChI is InChI=1S/C22H28N6O4S/c1-3-32-22(31)27-11-9-26(10-12-27)19(30)14-33-21-25-24-20(16-7-8-16)28(21)18-6-4-5-17(13-18)23-15(2)29/h4-6,13,16H,3,7-12,14H2,1-2H3,(H,23,29). The SMILES string of the molecule is CCOC(=O)N1CCN(C(=O)CSc2nnc(C3CC3)n2-c2cccc(NC(C)=O)c2)CC1. The number of piperazine rings is 1. The molecule has 1 aromatic heterocycles. The van der Waals surface area contributed by atoms with Crippen molar-refractivity contribution in [3.63, 3.8) is 0 Å². The van der Waals surface area contributed by atoms with E-state index in [4.69, 9.17) is 4.74 Å². The van der Waals surface area contributed by atoms with Gasteiger partial charge in [0.2, 0.25) is 11.8 Å². The molecule has 0 radical (unpaired) electrons. The van der Waals surface area contributed by atoms with E-state index in [1.807, 2.05) is 28.8 Å². The lowest BCUT2D eigenvalue weighted by Crippen LogP contribution is -2.51. The van der Waals surface area contributed by atoms with Crippen molar-refractivity contribution >= 4 is 35.4 Å². The second-order valence-electron chi connectivity index (χ2n) is 8.04. The van der Waals surface area contributed by atoms with E-state index in [-0.39, 0.29) is 23.7 Å². The molecule has 0 spiro atoms. The van der Waals surface area contributed by atoms with E-state index in [0.29, 0.717) is 49.5 Å². The van der Waals surface area contributed by atoms with Crippen molar-refractivity contribution in [3.05, 3.63) is 30.1 Å². The van der Waals surface area contributed by atoms with Gasteiger partial charge in [-0.2, -0.15) is 0 Å². The number of carbonyl (C=O) groups is 3. The number of anilines is 1. The quantitative estimate of drug-likeness (QED) is 0.617. The van der Waals surface area contributed by atoms with Crippen molar-refractivity contribution in [1.82, 2.24) is 24.6 Å². The zero-order chi connectivity index (χ0) is 23.4. The number of ether oxygens (including phenoxy) is 1. The Morgan fingerprint density at radius 3 is 2.52 bits per heavy atom. The first-order valence-electron chi connectivity index (χ1n) is 11.1. The predicted molar refractivity (Wildman–Crippen MR) is 124 cm³/mol. The van der Waals surface area contributed by atoms with E-state index in [1.165, 1.54) is 18.7 Å². The van der Waals surface area contributed by atoms with Crippen molar-refractivity contribution in [2.45, 2.75) is 37.8 Å². The molecule has 2 fully saturated rings. The molecule has 1 aliphatic heterocycles. The van der Waals surface area contributed by atoms with Gasteiger partial charge in [-0.1, -0.05) is 17.8 Å². The Morgan fingerprint density at radius 2 is 1.85 bits per heavy atom. The topological polar surface area (TPSA) is 110 Å². The maximum atomic E-state index is 12.8. The van der Waals surface area contributed by atoms with Gasteiger partial charge in [-0.25, -0.2) is 4.79 Å². The van der Waals surface area contributed by atoms with Gasteiger partial charge in [0, 0.05) is 44.7 Å². The Hall–Kier alpha value is -3.08. The van der Waals surface area contributed by atoms with Crippen LogP contribution in [0.5, 0.6) is 0 Å². The second kappa shape index (κ2) is 10.2. The van der Waals surface area contributed by atoms with Gasteiger partial charge in [0.15, 0.2) is 5.16 Å². The molecule has 176 valence electrons. The summed E-state index contributed by atoms with van der Waals surface area (Å²) in [5.74, 6) is 1.34. The summed E-state index contributed by atoms with van der Waals surface area (Å²) in [4.78, 5) is 39.5. The minimum absolute atomic E-state index is 0.00183. The highest BCUT2D eigenvalue weighted by Gasteiger charge is 2.32. The minimum Gasteiger partial charge on any atom is -0.450 e. The number of aromatic nitrogens is 3. The van der Waals surface area contributed by atoms with Gasteiger partial charge in [0.1, 0.15) is 5.82 Å². The van der Waals surface area contributed by atoms with Crippen LogP contribution in [0.2, 0.25) is 0 Å². The van der Waals surface area contributed by atoms with Gasteiger partial charge in [-0.3, -0.25) is 14.2 Å². The van der Waals surface area contributed by atoms with Gasteiger partial charge in [-0.15, -0.1) is 10.2 Å². The lowest BCUT2D eigenvalue weighted by molar-refractivity contribution is -0.129. The average Bonchev–Trinajstić information content (AvgIpc) is 3.56. The third kappa shape index (κ3) is 5.65. The molecule has 0 atom stereocenters. The molecule has 10 nitrogen and oxygen atoms in total. The molecule has 2 heterocycles. The van der Waals surface area contributed by atoms with Crippen LogP contribution in [0.25, 0.3) is 5.69 Å². The van der Waals surface area contributed by atoms with E-state index in [9.17, 15) is 14.4 Å². The fourth-order valence-corrected chi connectivity index (χ4v) is 4.58. The molecule has 1 N–H and O–H groups in total. The molecule has 3 amide bonds. The van der Waals surface area contributed by atoms with Crippen molar-refractivity contribution in [1.29, 1.82) is 0 Å². The summed E-state index contributed by atoms with van der Waals surface area (Å²) in [5, 5.41) is 12.2. The molecule has 2 aliphatic rings. The summed E-state index contributed by atoms with van der Waals surface area (Å²) in [6, 6.07) is 7.54. The van der Waals surface area contributed by atoms with Gasteiger partial charge in [-0.05, 0) is 38.0 Å². The van der Waals surface area contributed by atoms with Gasteiger partial charge in [0.05, 0.1) is 18.0 Å². The predicted octanol–water partition coefficient (Wildman–Crippen LogP) is 2.50. The van der Waals surface area contributed by atoms with E-state index >= 15 is 0 Å². The van der Waals surface area contributed by atoms with Crippen LogP contribution in [0.1, 0.15) is 38.4 Å². The summed E-state index contributed by atoms with van der Waals surface area (Å²) in [6.07, 6.45) is 1.80. The highest BCUT2D eigenvalue weighted by atomic mass is 32.2. The zero-order valence-electron chi connectivity index (χ0n) is 18.8. The summed E-state index contributed by atoms with van der Waals surface area (Å²) in [5.41, 5.74) is 1.55. The van der Waals surface area contributed by atoms with Crippen LogP contribution in [0, 0.1) is 0 Å². The normalized spacial score (nSPS) is 15.9. The van der Waals surface area contributed by atoms with E-state index in [0.717, 1.165) is 24.4 Å². The van der Waals surface area contributed by atoms with Crippen LogP contribution in [-0.2, 0) is 14.3 Å². The first-order valence-corrected chi connectivity index (χ1v) is 12.1. The monoisotopic (exact) mass is 472 g/mol. The third-order valence-corrected chi connectivity index (χ3v) is 6.42. The van der Waals surface area contributed by atoms with E-state index in [1.54, 1.807) is 16.7 Å². The highest BCUT2D eigenvalue weighted by molar-refractivity contribution is 7.99. The Balaban J connectivity index is 1.43. The minimum atomic E-state index is -0.332. The first-order chi connectivity index (χ1) is 16.0. The lowest BCUT2D eigenvalue weighted by atomic mass is 10.2. The molecule has 4 rings (SSSR count). The summed E-state index contributed by atoms with van der Waals surface area (Å²) >= 11 is 1.35. The van der Waals surface area contributed by atoms with Crippen LogP contribution in [0.4, 0.5) is 10.5 Å². The number of benzene rings is 1. The summed E-state index contributed by atoms with van der Waals surface area (Å²) < 4.78 is 7.02. The molecule has 11 heteroatoms. The molecule has 0 unspecified atom stereocenters. The maximum absolute atomic E-state index is 12.8. The molecular weight excluding hydrogens is 444 g/mol. The Bertz CT molecular complexity index is 1030. The first kappa shape index (κ1) is 23.1. The molecule has 0 bridgehead atoms. The molecule has 1 aromatic carbocycles. The Kier molecular flexibility index (Phi) is 7.17. The number of nitrogens with zero attached hydrogens (tertiary/aromatic N) is 5. The molecule has 33 heavy (non-hydrogen) atoms. The van der Waals surface area contributed by atoms with E-state index < -0.39 is 0 Å². The molecule has 1 saturated carbocycles. The van der Waals surface area contributed by atoms with Crippen LogP contribution in [0.3, 0.4) is 0 Å². The Morgan fingerprint density at radius 1 is 1.12 bits per heavy atom. The van der Waals surface area contributed by atoms with Crippen molar-refractivity contribution < 1.29 is 19.1 Å². The average molecular weight is 473 g/mol. The maximum Gasteiger partial charge on any atom is 0.409 e. The smallest absolute Gasteiger partial charge is 0.409 e. The molecular formula is C22H28N6O4S. The van der Waals surface area contributed by atoms with Crippen LogP contribution < -0.4 is 5.32 Å². The summed E-state index contributed by atoms with van der Waals surface area (Å²) in [7, 11) is 0. The number of thioether (sulfide) groups is 1. The van der Waals surface area contributed by atoms with E-state index in [2.05, 4.69) is 15.5 Å². The number of rotatable bonds is 7. The fourth-order valence-electron chi connectivity index (χ4n) is 3.72. The van der Waals surface area contributed by atoms with Crippen molar-refractivity contribution in [3.8, 4) is 5.69 Å². The van der Waals surface area contributed by atoms with Crippen LogP contribution in [-0.4, -0.2) is 81.0 Å². The zero-order valence-corrected chi connectivity index (χ0v) is 19.6. The lowest BCUT2D eigenvalue weighted by Gasteiger charge is -2.34. The van der Waals surface area contributed by atoms with Crippen molar-refractivity contribution in [2.24, 2.45) is 0 Å². The Labute approximate surface area is 196 Å². The molecule has 1 aliphatic carbocycles. The highest BCUT2D eigenvalue weighted by Crippen LogP contribution is 2.41. The van der Waals surface area contributed by atoms with Crippen LogP contribution in [0.15, 0.2) is 29.4 Å². The number of nitrogens with one attached hydrogen (secondary N) is 1.